The van der Waals surface area contributed by atoms with Crippen LogP contribution in [0.1, 0.15) is 75.3 Å². The Morgan fingerprint density at radius 1 is 1.05 bits per heavy atom. The first-order chi connectivity index (χ1) is 9.40. The highest BCUT2D eigenvalue weighted by Gasteiger charge is 2.15. The van der Waals surface area contributed by atoms with E-state index >= 15 is 0 Å². The molecule has 1 aliphatic carbocycles. The molecule has 2 rings (SSSR count). The molecule has 0 saturated heterocycles. The summed E-state index contributed by atoms with van der Waals surface area (Å²) in [7, 11) is 0. The van der Waals surface area contributed by atoms with Crippen LogP contribution in [-0.4, -0.2) is 6.54 Å². The molecule has 0 amide bonds. The number of rotatable bonds is 4. The lowest BCUT2D eigenvalue weighted by Crippen LogP contribution is -2.04. The Bertz CT molecular complexity index is 415. The number of unbranched alkanes of at least 4 members (excludes halogenated alkanes) is 2. The summed E-state index contributed by atoms with van der Waals surface area (Å²) in [5.74, 6) is 0.796. The molecule has 0 aliphatic heterocycles. The standard InChI is InChI=1S/C18H26N/c1-2-3-7-14-19-15-16-10-12-18(13-11-16)17-8-5-4-6-9-17/h10-13,17H,2-9,14H2,1H3/q+1. The minimum Gasteiger partial charge on any atom is -0.0780 e. The number of hydrogen-bond acceptors (Lipinski definition) is 0. The maximum Gasteiger partial charge on any atom is 0.311 e. The van der Waals surface area contributed by atoms with Gasteiger partial charge in [-0.25, -0.2) is 0 Å². The molecule has 0 spiro atoms. The highest BCUT2D eigenvalue weighted by Crippen LogP contribution is 2.32. The number of nitrogens with zero attached hydrogens (tertiary/aromatic N) is 1. The van der Waals surface area contributed by atoms with Crippen molar-refractivity contribution in [1.29, 1.82) is 0 Å². The van der Waals surface area contributed by atoms with Crippen LogP contribution < -0.4 is 0 Å². The van der Waals surface area contributed by atoms with Gasteiger partial charge in [0.25, 0.3) is 6.54 Å². The largest absolute Gasteiger partial charge is 0.311 e. The van der Waals surface area contributed by atoms with Gasteiger partial charge in [0, 0.05) is 6.42 Å². The minimum absolute atomic E-state index is 0.796. The second-order valence-electron chi connectivity index (χ2n) is 5.66. The van der Waals surface area contributed by atoms with Crippen LogP contribution in [-0.2, 0) is 0 Å². The lowest BCUT2D eigenvalue weighted by Gasteiger charge is -2.21. The Labute approximate surface area is 117 Å². The average molecular weight is 256 g/mol. The van der Waals surface area contributed by atoms with E-state index in [1.807, 2.05) is 0 Å². The van der Waals surface area contributed by atoms with Gasteiger partial charge in [0.05, 0.1) is 0 Å². The van der Waals surface area contributed by atoms with Crippen LogP contribution in [0, 0.1) is 6.07 Å². The third-order valence-electron chi connectivity index (χ3n) is 4.07. The van der Waals surface area contributed by atoms with E-state index in [0.717, 1.165) is 18.0 Å². The molecule has 0 aromatic heterocycles. The van der Waals surface area contributed by atoms with E-state index in [1.54, 1.807) is 0 Å². The molecule has 1 heteroatoms. The van der Waals surface area contributed by atoms with Crippen LogP contribution in [0.5, 0.6) is 0 Å². The van der Waals surface area contributed by atoms with E-state index in [-0.39, 0.29) is 0 Å². The summed E-state index contributed by atoms with van der Waals surface area (Å²) >= 11 is 0. The van der Waals surface area contributed by atoms with Gasteiger partial charge in [-0.1, -0.05) is 49.6 Å². The van der Waals surface area contributed by atoms with Crippen LogP contribution in [0.3, 0.4) is 0 Å². The minimum atomic E-state index is 0.796. The fraction of sp³-hybridized carbons (Fsp3) is 0.611. The summed E-state index contributed by atoms with van der Waals surface area (Å²) in [6, 6.07) is 12.1. The first-order valence-electron chi connectivity index (χ1n) is 7.92. The summed E-state index contributed by atoms with van der Waals surface area (Å²) in [5, 5.41) is 0. The molecule has 1 fully saturated rings. The van der Waals surface area contributed by atoms with Crippen LogP contribution in [0.25, 0.3) is 4.85 Å². The first-order valence-corrected chi connectivity index (χ1v) is 7.92. The topological polar surface area (TPSA) is 4.36 Å². The molecule has 0 bridgehead atoms. The monoisotopic (exact) mass is 256 g/mol. The van der Waals surface area contributed by atoms with Crippen molar-refractivity contribution < 1.29 is 0 Å². The van der Waals surface area contributed by atoms with Crippen LogP contribution >= 0.6 is 0 Å². The van der Waals surface area contributed by atoms with Crippen molar-refractivity contribution in [2.24, 2.45) is 0 Å². The average Bonchev–Trinajstić information content (AvgIpc) is 2.49. The lowest BCUT2D eigenvalue weighted by molar-refractivity contribution is 0.443. The van der Waals surface area contributed by atoms with Gasteiger partial charge in [-0.3, -0.25) is 0 Å². The van der Waals surface area contributed by atoms with E-state index in [0.29, 0.717) is 0 Å². The van der Waals surface area contributed by atoms with Gasteiger partial charge in [-0.15, -0.1) is 0 Å². The summed E-state index contributed by atoms with van der Waals surface area (Å²) in [5.41, 5.74) is 2.63. The van der Waals surface area contributed by atoms with E-state index < -0.39 is 0 Å². The molecule has 1 aromatic rings. The molecular weight excluding hydrogens is 230 g/mol. The Morgan fingerprint density at radius 3 is 2.47 bits per heavy atom. The van der Waals surface area contributed by atoms with Crippen molar-refractivity contribution in [3.8, 4) is 6.07 Å². The highest BCUT2D eigenvalue weighted by atomic mass is 14.6. The van der Waals surface area contributed by atoms with Gasteiger partial charge in [-0.05, 0) is 42.9 Å². The van der Waals surface area contributed by atoms with Gasteiger partial charge in [-0.2, -0.15) is 0 Å². The number of hydrogen-bond donors (Lipinski definition) is 0. The fourth-order valence-electron chi connectivity index (χ4n) is 2.85. The summed E-state index contributed by atoms with van der Waals surface area (Å²) < 4.78 is 0. The SMILES string of the molecule is CCCCC[N+]#Cc1ccc(C2CCCCC2)cc1. The molecule has 1 saturated carbocycles. The van der Waals surface area contributed by atoms with Gasteiger partial charge in [0.2, 0.25) is 0 Å². The van der Waals surface area contributed by atoms with Gasteiger partial charge in [0.1, 0.15) is 5.56 Å². The van der Waals surface area contributed by atoms with Crippen LogP contribution in [0.2, 0.25) is 0 Å². The zero-order valence-corrected chi connectivity index (χ0v) is 12.2. The van der Waals surface area contributed by atoms with Crippen molar-refractivity contribution in [2.45, 2.75) is 64.2 Å². The van der Waals surface area contributed by atoms with Gasteiger partial charge >= 0.3 is 6.07 Å². The predicted molar refractivity (Wildman–Crippen MR) is 83.0 cm³/mol. The zero-order chi connectivity index (χ0) is 13.3. The Morgan fingerprint density at radius 2 is 1.79 bits per heavy atom. The molecular formula is C18H26N+. The zero-order valence-electron chi connectivity index (χ0n) is 12.2. The van der Waals surface area contributed by atoms with E-state index in [9.17, 15) is 0 Å². The smallest absolute Gasteiger partial charge is 0.0780 e. The quantitative estimate of drug-likeness (QED) is 0.617. The maximum absolute atomic E-state index is 4.37. The fourth-order valence-corrected chi connectivity index (χ4v) is 2.85. The Balaban J connectivity index is 1.87. The molecule has 0 heterocycles. The van der Waals surface area contributed by atoms with E-state index in [4.69, 9.17) is 0 Å². The second kappa shape index (κ2) is 8.00. The van der Waals surface area contributed by atoms with Crippen molar-refractivity contribution >= 4 is 0 Å². The van der Waals surface area contributed by atoms with Crippen molar-refractivity contribution in [2.75, 3.05) is 6.54 Å². The summed E-state index contributed by atoms with van der Waals surface area (Å²) in [6.45, 7) is 3.13. The summed E-state index contributed by atoms with van der Waals surface area (Å²) in [4.78, 5) is 4.37. The highest BCUT2D eigenvalue weighted by molar-refractivity contribution is 5.35. The van der Waals surface area contributed by atoms with E-state index in [1.165, 1.54) is 56.9 Å². The lowest BCUT2D eigenvalue weighted by atomic mass is 9.84. The Kier molecular flexibility index (Phi) is 5.95. The predicted octanol–water partition coefficient (Wildman–Crippen LogP) is 5.61. The van der Waals surface area contributed by atoms with Crippen molar-refractivity contribution in [3.05, 3.63) is 40.2 Å². The van der Waals surface area contributed by atoms with Crippen LogP contribution in [0.4, 0.5) is 0 Å². The normalized spacial score (nSPS) is 15.8. The summed E-state index contributed by atoms with van der Waals surface area (Å²) in [6.07, 6.45) is 10.7. The van der Waals surface area contributed by atoms with Crippen LogP contribution in [0.15, 0.2) is 24.3 Å². The maximum atomic E-state index is 4.37. The molecule has 0 atom stereocenters. The molecule has 19 heavy (non-hydrogen) atoms. The van der Waals surface area contributed by atoms with Gasteiger partial charge < -0.3 is 0 Å². The molecule has 0 N–H and O–H groups in total. The molecule has 102 valence electrons. The molecule has 0 unspecified atom stereocenters. The van der Waals surface area contributed by atoms with Crippen molar-refractivity contribution in [3.63, 3.8) is 0 Å². The third kappa shape index (κ3) is 4.71. The molecule has 1 aliphatic rings. The number of benzene rings is 1. The van der Waals surface area contributed by atoms with Crippen molar-refractivity contribution in [1.82, 2.24) is 0 Å². The molecule has 0 radical (unpaired) electrons. The molecule has 1 nitrogen and oxygen atoms in total. The second-order valence-corrected chi connectivity index (χ2v) is 5.66. The molecule has 1 aromatic carbocycles. The third-order valence-corrected chi connectivity index (χ3v) is 4.07. The Hall–Kier alpha value is -1.29. The van der Waals surface area contributed by atoms with E-state index in [2.05, 4.69) is 42.1 Å². The first kappa shape index (κ1) is 14.1. The van der Waals surface area contributed by atoms with Gasteiger partial charge in [0.15, 0.2) is 0 Å².